The highest BCUT2D eigenvalue weighted by molar-refractivity contribution is 5.99. The van der Waals surface area contributed by atoms with Crippen LogP contribution in [-0.2, 0) is 13.2 Å². The maximum absolute atomic E-state index is 14.3. The second kappa shape index (κ2) is 11.8. The molecule has 5 rings (SSSR count). The Morgan fingerprint density at radius 3 is 2.37 bits per heavy atom. The minimum atomic E-state index is -1.18. The number of rotatable bonds is 10. The summed E-state index contributed by atoms with van der Waals surface area (Å²) >= 11 is 0. The summed E-state index contributed by atoms with van der Waals surface area (Å²) in [5.74, 6) is -5.26. The molecule has 0 spiro atoms. The number of hydrogen-bond donors (Lipinski definition) is 1. The van der Waals surface area contributed by atoms with Gasteiger partial charge in [-0.05, 0) is 31.7 Å². The molecule has 43 heavy (non-hydrogen) atoms. The van der Waals surface area contributed by atoms with Crippen LogP contribution in [0.4, 0.5) is 13.2 Å². The van der Waals surface area contributed by atoms with Crippen molar-refractivity contribution in [3.05, 3.63) is 124 Å². The highest BCUT2D eigenvalue weighted by Crippen LogP contribution is 2.40. The van der Waals surface area contributed by atoms with Crippen LogP contribution in [0.2, 0.25) is 0 Å². The zero-order valence-electron chi connectivity index (χ0n) is 23.6. The number of carbonyl (C=O) groups is 2. The van der Waals surface area contributed by atoms with Crippen molar-refractivity contribution in [3.8, 4) is 5.75 Å². The molecule has 2 amide bonds. The molecule has 2 heterocycles. The SMILES string of the molecule is C=CC(C)N1CN(C2(C=C)CCC2)n2cc(C(=O)NCc3c(F)cc(F)cc3F)c(=O)c(OCc3ccccc3)c2C1=O. The van der Waals surface area contributed by atoms with Gasteiger partial charge in [0, 0.05) is 36.5 Å². The molecule has 3 aromatic rings. The molecule has 1 saturated carbocycles. The summed E-state index contributed by atoms with van der Waals surface area (Å²) in [6.07, 6.45) is 7.00. The van der Waals surface area contributed by atoms with Crippen LogP contribution in [0, 0.1) is 17.5 Å². The number of ether oxygens (including phenoxy) is 1. The molecule has 8 nitrogen and oxygen atoms in total. The molecular weight excluding hydrogens is 561 g/mol. The van der Waals surface area contributed by atoms with Gasteiger partial charge in [0.1, 0.15) is 36.3 Å². The van der Waals surface area contributed by atoms with E-state index in [1.54, 1.807) is 48.2 Å². The lowest BCUT2D eigenvalue weighted by Crippen LogP contribution is -2.66. The van der Waals surface area contributed by atoms with E-state index in [9.17, 15) is 27.6 Å². The van der Waals surface area contributed by atoms with Gasteiger partial charge in [-0.2, -0.15) is 0 Å². The minimum absolute atomic E-state index is 0.0684. The van der Waals surface area contributed by atoms with Gasteiger partial charge in [-0.1, -0.05) is 42.5 Å². The van der Waals surface area contributed by atoms with Crippen molar-refractivity contribution >= 4 is 11.8 Å². The Morgan fingerprint density at radius 2 is 1.79 bits per heavy atom. The molecule has 1 N–H and O–H groups in total. The van der Waals surface area contributed by atoms with E-state index in [0.29, 0.717) is 12.1 Å². The molecule has 1 aliphatic carbocycles. The van der Waals surface area contributed by atoms with Crippen molar-refractivity contribution in [3.63, 3.8) is 0 Å². The van der Waals surface area contributed by atoms with Crippen molar-refractivity contribution in [1.82, 2.24) is 14.9 Å². The van der Waals surface area contributed by atoms with E-state index in [1.807, 2.05) is 11.1 Å². The van der Waals surface area contributed by atoms with E-state index in [2.05, 4.69) is 18.5 Å². The van der Waals surface area contributed by atoms with Crippen LogP contribution in [0.25, 0.3) is 0 Å². The number of hydrogen-bond acceptors (Lipinski definition) is 5. The third-order valence-corrected chi connectivity index (χ3v) is 8.10. The van der Waals surface area contributed by atoms with Crippen LogP contribution in [-0.4, -0.2) is 39.6 Å². The van der Waals surface area contributed by atoms with Gasteiger partial charge >= 0.3 is 0 Å². The maximum atomic E-state index is 14.3. The second-order valence-electron chi connectivity index (χ2n) is 10.7. The van der Waals surface area contributed by atoms with Crippen LogP contribution < -0.4 is 20.5 Å². The van der Waals surface area contributed by atoms with Crippen molar-refractivity contribution < 1.29 is 27.5 Å². The molecule has 0 saturated heterocycles. The monoisotopic (exact) mass is 592 g/mol. The topological polar surface area (TPSA) is 83.9 Å². The normalized spacial score (nSPS) is 16.1. The molecule has 0 radical (unpaired) electrons. The molecule has 0 bridgehead atoms. The number of amides is 2. The van der Waals surface area contributed by atoms with Crippen LogP contribution in [0.3, 0.4) is 0 Å². The summed E-state index contributed by atoms with van der Waals surface area (Å²) in [4.78, 5) is 42.8. The summed E-state index contributed by atoms with van der Waals surface area (Å²) < 4.78 is 49.4. The van der Waals surface area contributed by atoms with Crippen LogP contribution in [0.15, 0.2) is 78.8 Å². The van der Waals surface area contributed by atoms with E-state index < -0.39 is 63.9 Å². The van der Waals surface area contributed by atoms with Gasteiger partial charge in [0.05, 0.1) is 5.54 Å². The van der Waals surface area contributed by atoms with Gasteiger partial charge in [-0.15, -0.1) is 13.2 Å². The van der Waals surface area contributed by atoms with E-state index in [0.717, 1.165) is 24.8 Å². The molecule has 1 aliphatic heterocycles. The lowest BCUT2D eigenvalue weighted by molar-refractivity contribution is 0.0587. The molecule has 2 aromatic carbocycles. The predicted octanol–water partition coefficient (Wildman–Crippen LogP) is 4.81. The number of nitrogens with one attached hydrogen (secondary N) is 1. The average Bonchev–Trinajstić information content (AvgIpc) is 2.96. The standard InChI is InChI=1S/C32H31F3N4O4/c1-4-20(3)37-19-39(32(5-2)12-9-13-32)38-17-24(30(41)36-16-23-25(34)14-22(33)15-26(23)35)28(40)29(27(38)31(37)42)43-18-21-10-7-6-8-11-21/h4-8,10-11,14-15,17,20H,1-2,9,12-13,16,18-19H2,3H3,(H,36,41). The summed E-state index contributed by atoms with van der Waals surface area (Å²) in [5, 5.41) is 4.22. The Morgan fingerprint density at radius 1 is 1.12 bits per heavy atom. The molecule has 1 aromatic heterocycles. The number of aromatic nitrogens is 1. The predicted molar refractivity (Wildman–Crippen MR) is 155 cm³/mol. The molecule has 1 atom stereocenters. The van der Waals surface area contributed by atoms with Gasteiger partial charge < -0.3 is 15.0 Å². The first-order chi connectivity index (χ1) is 20.6. The Kier molecular flexibility index (Phi) is 8.16. The Labute approximate surface area is 246 Å². The van der Waals surface area contributed by atoms with Crippen molar-refractivity contribution in [2.75, 3.05) is 11.7 Å². The van der Waals surface area contributed by atoms with Crippen molar-refractivity contribution in [2.45, 2.75) is 50.9 Å². The van der Waals surface area contributed by atoms with Crippen LogP contribution >= 0.6 is 0 Å². The highest BCUT2D eigenvalue weighted by Gasteiger charge is 2.47. The summed E-state index contributed by atoms with van der Waals surface area (Å²) in [6.45, 7) is 9.04. The fourth-order valence-electron chi connectivity index (χ4n) is 5.31. The van der Waals surface area contributed by atoms with E-state index in [4.69, 9.17) is 4.74 Å². The summed E-state index contributed by atoms with van der Waals surface area (Å²) in [6, 6.07) is 9.59. The van der Waals surface area contributed by atoms with Gasteiger partial charge in [0.2, 0.25) is 5.43 Å². The quantitative estimate of drug-likeness (QED) is 0.342. The molecular formula is C32H31F3N4O4. The summed E-state index contributed by atoms with van der Waals surface area (Å²) in [7, 11) is 0. The van der Waals surface area contributed by atoms with E-state index in [-0.39, 0.29) is 24.7 Å². The lowest BCUT2D eigenvalue weighted by Gasteiger charge is -2.54. The second-order valence-corrected chi connectivity index (χ2v) is 10.7. The zero-order valence-corrected chi connectivity index (χ0v) is 23.6. The molecule has 11 heteroatoms. The smallest absolute Gasteiger partial charge is 0.278 e. The maximum Gasteiger partial charge on any atom is 0.278 e. The Hall–Kier alpha value is -4.80. The van der Waals surface area contributed by atoms with Crippen LogP contribution in [0.5, 0.6) is 5.75 Å². The van der Waals surface area contributed by atoms with Gasteiger partial charge in [0.15, 0.2) is 11.4 Å². The van der Waals surface area contributed by atoms with E-state index in [1.165, 1.54) is 10.9 Å². The van der Waals surface area contributed by atoms with Gasteiger partial charge in [-0.25, -0.2) is 13.2 Å². The van der Waals surface area contributed by atoms with Gasteiger partial charge in [0.25, 0.3) is 11.8 Å². The van der Waals surface area contributed by atoms with Crippen molar-refractivity contribution in [2.24, 2.45) is 0 Å². The Balaban J connectivity index is 1.62. The number of halogens is 3. The first kappa shape index (κ1) is 29.7. The fourth-order valence-corrected chi connectivity index (χ4v) is 5.31. The van der Waals surface area contributed by atoms with E-state index >= 15 is 0 Å². The lowest BCUT2D eigenvalue weighted by atomic mass is 9.76. The zero-order chi connectivity index (χ0) is 30.9. The molecule has 2 aliphatic rings. The fraction of sp³-hybridized carbons (Fsp3) is 0.281. The number of carbonyl (C=O) groups excluding carboxylic acids is 2. The Bertz CT molecular complexity index is 1630. The minimum Gasteiger partial charge on any atom is -0.482 e. The third kappa shape index (κ3) is 5.42. The van der Waals surface area contributed by atoms with Crippen LogP contribution in [0.1, 0.15) is 58.2 Å². The summed E-state index contributed by atoms with van der Waals surface area (Å²) in [5.41, 5.74) is -1.77. The van der Waals surface area contributed by atoms with Crippen molar-refractivity contribution in [1.29, 1.82) is 0 Å². The highest BCUT2D eigenvalue weighted by atomic mass is 19.1. The first-order valence-corrected chi connectivity index (χ1v) is 13.8. The first-order valence-electron chi connectivity index (χ1n) is 13.8. The number of pyridine rings is 1. The molecule has 1 fully saturated rings. The third-order valence-electron chi connectivity index (χ3n) is 8.10. The number of fused-ring (bicyclic) bond motifs is 1. The molecule has 1 unspecified atom stereocenters. The number of benzene rings is 2. The largest absolute Gasteiger partial charge is 0.482 e. The average molecular weight is 593 g/mol. The van der Waals surface area contributed by atoms with Gasteiger partial charge in [-0.3, -0.25) is 24.1 Å². The number of nitrogens with zero attached hydrogens (tertiary/aromatic N) is 3. The molecule has 224 valence electrons.